The van der Waals surface area contributed by atoms with Gasteiger partial charge in [-0.2, -0.15) is 0 Å². The summed E-state index contributed by atoms with van der Waals surface area (Å²) in [4.78, 5) is 16.1. The molecule has 0 aliphatic heterocycles. The van der Waals surface area contributed by atoms with Crippen LogP contribution in [0.5, 0.6) is 5.88 Å². The number of nitrogen functional groups attached to an aromatic ring is 1. The molecule has 104 valence electrons. The predicted molar refractivity (Wildman–Crippen MR) is 77.6 cm³/mol. The average Bonchev–Trinajstić information content (AvgIpc) is 2.44. The molecule has 0 aliphatic carbocycles. The summed E-state index contributed by atoms with van der Waals surface area (Å²) in [7, 11) is 1.56. The monoisotopic (exact) mass is 271 g/mol. The highest BCUT2D eigenvalue weighted by Crippen LogP contribution is 2.12. The molecule has 0 saturated heterocycles. The van der Waals surface area contributed by atoms with Gasteiger partial charge in [-0.3, -0.25) is 4.79 Å². The number of carbonyl (C=O) groups excluding carboxylic acids is 1. The molecule has 5 heteroatoms. The molecule has 0 spiro atoms. The first-order valence-corrected chi connectivity index (χ1v) is 6.23. The lowest BCUT2D eigenvalue weighted by molar-refractivity contribution is 0.0951. The number of benzene rings is 1. The first kappa shape index (κ1) is 13.9. The summed E-state index contributed by atoms with van der Waals surface area (Å²) in [6.45, 7) is 2.31. The van der Waals surface area contributed by atoms with E-state index >= 15 is 0 Å². The van der Waals surface area contributed by atoms with E-state index in [1.807, 2.05) is 19.1 Å². The van der Waals surface area contributed by atoms with Crippen molar-refractivity contribution in [1.29, 1.82) is 0 Å². The third-order valence-corrected chi connectivity index (χ3v) is 2.82. The molecule has 2 aromatic rings. The van der Waals surface area contributed by atoms with Crippen molar-refractivity contribution < 1.29 is 9.53 Å². The van der Waals surface area contributed by atoms with Crippen molar-refractivity contribution in [3.63, 3.8) is 0 Å². The van der Waals surface area contributed by atoms with Gasteiger partial charge < -0.3 is 15.8 Å². The van der Waals surface area contributed by atoms with Crippen LogP contribution in [0.25, 0.3) is 0 Å². The zero-order chi connectivity index (χ0) is 14.5. The number of aromatic nitrogens is 1. The summed E-state index contributed by atoms with van der Waals surface area (Å²) >= 11 is 0. The predicted octanol–water partition coefficient (Wildman–Crippen LogP) is 1.91. The van der Waals surface area contributed by atoms with E-state index in [0.717, 1.165) is 11.1 Å². The first-order chi connectivity index (χ1) is 9.58. The normalized spacial score (nSPS) is 10.1. The molecule has 3 N–H and O–H groups in total. The molecule has 2 rings (SSSR count). The Morgan fingerprint density at radius 3 is 2.85 bits per heavy atom. The fourth-order valence-electron chi connectivity index (χ4n) is 1.90. The maximum absolute atomic E-state index is 12.1. The number of pyridine rings is 1. The molecule has 0 unspecified atom stereocenters. The van der Waals surface area contributed by atoms with Gasteiger partial charge in [-0.1, -0.05) is 0 Å². The van der Waals surface area contributed by atoms with Gasteiger partial charge in [0.2, 0.25) is 5.88 Å². The van der Waals surface area contributed by atoms with E-state index in [-0.39, 0.29) is 5.91 Å². The number of aryl methyl sites for hydroxylation is 1. The number of anilines is 1. The minimum absolute atomic E-state index is 0.156. The standard InChI is InChI=1S/C15H17N3O2/c1-10-5-12(8-13(16)6-10)15(19)18-9-11-3-4-17-14(7-11)20-2/h3-8H,9,16H2,1-2H3,(H,18,19). The van der Waals surface area contributed by atoms with Crippen LogP contribution in [0.1, 0.15) is 21.5 Å². The molecule has 0 aliphatic rings. The largest absolute Gasteiger partial charge is 0.481 e. The van der Waals surface area contributed by atoms with Crippen LogP contribution in [0, 0.1) is 6.92 Å². The number of hydrogen-bond acceptors (Lipinski definition) is 4. The lowest BCUT2D eigenvalue weighted by atomic mass is 10.1. The molecule has 0 atom stereocenters. The van der Waals surface area contributed by atoms with Crippen LogP contribution in [-0.2, 0) is 6.54 Å². The summed E-state index contributed by atoms with van der Waals surface area (Å²) in [6, 6.07) is 8.90. The van der Waals surface area contributed by atoms with Crippen molar-refractivity contribution in [2.45, 2.75) is 13.5 Å². The van der Waals surface area contributed by atoms with E-state index in [9.17, 15) is 4.79 Å². The van der Waals surface area contributed by atoms with Gasteiger partial charge in [0.1, 0.15) is 0 Å². The molecule has 1 aromatic heterocycles. The molecule has 0 fully saturated rings. The van der Waals surface area contributed by atoms with Crippen molar-refractivity contribution in [3.05, 3.63) is 53.2 Å². The smallest absolute Gasteiger partial charge is 0.251 e. The minimum atomic E-state index is -0.156. The fraction of sp³-hybridized carbons (Fsp3) is 0.200. The van der Waals surface area contributed by atoms with E-state index in [2.05, 4.69) is 10.3 Å². The molecule has 5 nitrogen and oxygen atoms in total. The number of nitrogens with two attached hydrogens (primary N) is 1. The second kappa shape index (κ2) is 6.06. The van der Waals surface area contributed by atoms with Crippen LogP contribution in [0.15, 0.2) is 36.5 Å². The second-order valence-electron chi connectivity index (χ2n) is 4.52. The van der Waals surface area contributed by atoms with Gasteiger partial charge in [0.15, 0.2) is 0 Å². The van der Waals surface area contributed by atoms with Crippen molar-refractivity contribution in [2.75, 3.05) is 12.8 Å². The third kappa shape index (κ3) is 3.47. The van der Waals surface area contributed by atoms with Crippen LogP contribution < -0.4 is 15.8 Å². The van der Waals surface area contributed by atoms with Gasteiger partial charge >= 0.3 is 0 Å². The van der Waals surface area contributed by atoms with Crippen LogP contribution in [-0.4, -0.2) is 18.0 Å². The first-order valence-electron chi connectivity index (χ1n) is 6.23. The van der Waals surface area contributed by atoms with E-state index in [4.69, 9.17) is 10.5 Å². The molecule has 1 heterocycles. The lowest BCUT2D eigenvalue weighted by Gasteiger charge is -2.08. The molecular formula is C15H17N3O2. The maximum atomic E-state index is 12.1. The fourth-order valence-corrected chi connectivity index (χ4v) is 1.90. The summed E-state index contributed by atoms with van der Waals surface area (Å²) in [5, 5.41) is 2.84. The van der Waals surface area contributed by atoms with Gasteiger partial charge in [0, 0.05) is 30.1 Å². The number of nitrogens with one attached hydrogen (secondary N) is 1. The third-order valence-electron chi connectivity index (χ3n) is 2.82. The van der Waals surface area contributed by atoms with E-state index in [0.29, 0.717) is 23.7 Å². The van der Waals surface area contributed by atoms with Crippen LogP contribution >= 0.6 is 0 Å². The number of amides is 1. The number of carbonyl (C=O) groups is 1. The van der Waals surface area contributed by atoms with Gasteiger partial charge in [-0.05, 0) is 42.3 Å². The summed E-state index contributed by atoms with van der Waals surface area (Å²) in [6.07, 6.45) is 1.64. The van der Waals surface area contributed by atoms with E-state index in [1.54, 1.807) is 31.5 Å². The van der Waals surface area contributed by atoms with E-state index < -0.39 is 0 Å². The zero-order valence-electron chi connectivity index (χ0n) is 11.5. The summed E-state index contributed by atoms with van der Waals surface area (Å²) in [5.41, 5.74) is 8.76. The van der Waals surface area contributed by atoms with E-state index in [1.165, 1.54) is 0 Å². The highest BCUT2D eigenvalue weighted by Gasteiger charge is 2.07. The minimum Gasteiger partial charge on any atom is -0.481 e. The molecule has 0 bridgehead atoms. The Labute approximate surface area is 117 Å². The molecule has 1 amide bonds. The van der Waals surface area contributed by atoms with Gasteiger partial charge in [0.05, 0.1) is 7.11 Å². The summed E-state index contributed by atoms with van der Waals surface area (Å²) in [5.74, 6) is 0.368. The van der Waals surface area contributed by atoms with Crippen LogP contribution in [0.4, 0.5) is 5.69 Å². The Kier molecular flexibility index (Phi) is 4.20. The Balaban J connectivity index is 2.04. The zero-order valence-corrected chi connectivity index (χ0v) is 11.5. The highest BCUT2D eigenvalue weighted by atomic mass is 16.5. The molecule has 1 aromatic carbocycles. The van der Waals surface area contributed by atoms with Crippen molar-refractivity contribution in [2.24, 2.45) is 0 Å². The summed E-state index contributed by atoms with van der Waals surface area (Å²) < 4.78 is 5.04. The quantitative estimate of drug-likeness (QED) is 0.833. The highest BCUT2D eigenvalue weighted by molar-refractivity contribution is 5.95. The van der Waals surface area contributed by atoms with Gasteiger partial charge in [-0.25, -0.2) is 4.98 Å². The number of ether oxygens (including phenoxy) is 1. The molecule has 0 saturated carbocycles. The number of methoxy groups -OCH3 is 1. The Bertz CT molecular complexity index is 606. The number of rotatable bonds is 4. The number of hydrogen-bond donors (Lipinski definition) is 2. The van der Waals surface area contributed by atoms with Crippen molar-refractivity contribution >= 4 is 11.6 Å². The maximum Gasteiger partial charge on any atom is 0.251 e. The van der Waals surface area contributed by atoms with Crippen molar-refractivity contribution in [1.82, 2.24) is 10.3 Å². The van der Waals surface area contributed by atoms with Gasteiger partial charge in [0.25, 0.3) is 5.91 Å². The Morgan fingerprint density at radius 2 is 2.15 bits per heavy atom. The van der Waals surface area contributed by atoms with Gasteiger partial charge in [-0.15, -0.1) is 0 Å². The lowest BCUT2D eigenvalue weighted by Crippen LogP contribution is -2.23. The molecule has 20 heavy (non-hydrogen) atoms. The average molecular weight is 271 g/mol. The molecule has 0 radical (unpaired) electrons. The molecular weight excluding hydrogens is 254 g/mol. The Morgan fingerprint density at radius 1 is 1.35 bits per heavy atom. The van der Waals surface area contributed by atoms with Crippen molar-refractivity contribution in [3.8, 4) is 5.88 Å². The SMILES string of the molecule is COc1cc(CNC(=O)c2cc(C)cc(N)c2)ccn1. The second-order valence-corrected chi connectivity index (χ2v) is 4.52. The topological polar surface area (TPSA) is 77.2 Å². The van der Waals surface area contributed by atoms with Crippen LogP contribution in [0.3, 0.4) is 0 Å². The Hall–Kier alpha value is -2.56. The van der Waals surface area contributed by atoms with Crippen LogP contribution in [0.2, 0.25) is 0 Å². The number of nitrogens with zero attached hydrogens (tertiary/aromatic N) is 1.